The molecule has 2 aliphatic rings. The lowest BCUT2D eigenvalue weighted by atomic mass is 10.2. The molecule has 0 atom stereocenters. The predicted molar refractivity (Wildman–Crippen MR) is 126 cm³/mol. The van der Waals surface area contributed by atoms with Crippen LogP contribution in [-0.2, 0) is 4.79 Å². The second kappa shape index (κ2) is 7.73. The van der Waals surface area contributed by atoms with Crippen LogP contribution in [0.5, 0.6) is 0 Å². The van der Waals surface area contributed by atoms with Gasteiger partial charge in [0.25, 0.3) is 5.91 Å². The molecule has 4 aromatic rings. The summed E-state index contributed by atoms with van der Waals surface area (Å²) in [7, 11) is 0. The average molecular weight is 455 g/mol. The highest BCUT2D eigenvalue weighted by Crippen LogP contribution is 2.29. The van der Waals surface area contributed by atoms with E-state index in [-0.39, 0.29) is 5.70 Å². The predicted octanol–water partition coefficient (Wildman–Crippen LogP) is 2.72. The van der Waals surface area contributed by atoms with E-state index in [9.17, 15) is 9.59 Å². The maximum atomic E-state index is 12.1. The lowest BCUT2D eigenvalue weighted by molar-refractivity contribution is -0.115. The van der Waals surface area contributed by atoms with Gasteiger partial charge in [-0.05, 0) is 56.2 Å². The molecular formula is C23H21N9O2. The summed E-state index contributed by atoms with van der Waals surface area (Å²) >= 11 is 0. The third-order valence-corrected chi connectivity index (χ3v) is 5.66. The molecule has 3 aromatic heterocycles. The summed E-state index contributed by atoms with van der Waals surface area (Å²) < 4.78 is 3.53. The first kappa shape index (κ1) is 20.0. The van der Waals surface area contributed by atoms with Gasteiger partial charge in [0.1, 0.15) is 17.3 Å². The quantitative estimate of drug-likeness (QED) is 0.260. The molecule has 1 aromatic carbocycles. The fourth-order valence-corrected chi connectivity index (χ4v) is 3.81. The van der Waals surface area contributed by atoms with Gasteiger partial charge in [0.05, 0.1) is 11.4 Å². The van der Waals surface area contributed by atoms with E-state index in [0.717, 1.165) is 30.0 Å². The number of urea groups is 1. The Balaban J connectivity index is 1.39. The topological polar surface area (TPSA) is 130 Å². The van der Waals surface area contributed by atoms with Gasteiger partial charge in [-0.15, -0.1) is 0 Å². The van der Waals surface area contributed by atoms with Gasteiger partial charge in [-0.1, -0.05) is 0 Å². The molecule has 4 N–H and O–H groups in total. The number of hydrogen-bond acceptors (Lipinski definition) is 7. The third kappa shape index (κ3) is 3.72. The molecule has 0 spiro atoms. The minimum Gasteiger partial charge on any atom is -0.367 e. The van der Waals surface area contributed by atoms with E-state index in [4.69, 9.17) is 4.98 Å². The number of nitrogens with one attached hydrogen (secondary N) is 4. The molecule has 1 aliphatic heterocycles. The van der Waals surface area contributed by atoms with Gasteiger partial charge < -0.3 is 16.0 Å². The van der Waals surface area contributed by atoms with Gasteiger partial charge in [0.2, 0.25) is 0 Å². The molecule has 11 heteroatoms. The van der Waals surface area contributed by atoms with Crippen LogP contribution in [0.3, 0.4) is 0 Å². The van der Waals surface area contributed by atoms with E-state index < -0.39 is 11.9 Å². The first-order chi connectivity index (χ1) is 16.5. The minimum absolute atomic E-state index is 0.161. The lowest BCUT2D eigenvalue weighted by Gasteiger charge is -2.12. The molecule has 0 bridgehead atoms. The SMILES string of the molecule is Cc1nn2c(NC3CC3)cc(Nc3ccc(-n4cccn4)cc3)nc2c1/C=C1\NC(=O)NC1=O. The van der Waals surface area contributed by atoms with Crippen LogP contribution >= 0.6 is 0 Å². The second-order valence-corrected chi connectivity index (χ2v) is 8.27. The lowest BCUT2D eigenvalue weighted by Crippen LogP contribution is -2.22. The zero-order valence-corrected chi connectivity index (χ0v) is 18.2. The fourth-order valence-electron chi connectivity index (χ4n) is 3.81. The van der Waals surface area contributed by atoms with Gasteiger partial charge in [-0.2, -0.15) is 14.7 Å². The van der Waals surface area contributed by atoms with Crippen molar-refractivity contribution in [3.05, 3.63) is 65.7 Å². The molecule has 0 unspecified atom stereocenters. The van der Waals surface area contributed by atoms with Gasteiger partial charge in [-0.3, -0.25) is 10.1 Å². The Morgan fingerprint density at radius 1 is 1.15 bits per heavy atom. The summed E-state index contributed by atoms with van der Waals surface area (Å²) in [6.45, 7) is 1.85. The number of imide groups is 1. The normalized spacial score (nSPS) is 16.7. The number of benzene rings is 1. The van der Waals surface area contributed by atoms with E-state index in [2.05, 4.69) is 31.5 Å². The van der Waals surface area contributed by atoms with Crippen molar-refractivity contribution < 1.29 is 9.59 Å². The molecular weight excluding hydrogens is 434 g/mol. The number of nitrogens with zero attached hydrogens (tertiary/aromatic N) is 5. The highest BCUT2D eigenvalue weighted by molar-refractivity contribution is 6.14. The highest BCUT2D eigenvalue weighted by Gasteiger charge is 2.26. The molecule has 6 rings (SSSR count). The monoisotopic (exact) mass is 455 g/mol. The number of amides is 3. The summed E-state index contributed by atoms with van der Waals surface area (Å²) in [6, 6.07) is 11.5. The van der Waals surface area contributed by atoms with E-state index in [1.165, 1.54) is 0 Å². The zero-order chi connectivity index (χ0) is 23.2. The van der Waals surface area contributed by atoms with E-state index >= 15 is 0 Å². The standard InChI is InChI=1S/C23H21N9O2/c1-13-17(11-18-22(33)29-23(34)27-18)21-28-19(12-20(32(21)30-13)26-15-3-4-15)25-14-5-7-16(8-6-14)31-10-2-9-24-31/h2,5-12,15,26H,3-4H2,1H3,(H,25,28)(H2,27,29,33,34)/b18-11-. The van der Waals surface area contributed by atoms with Crippen molar-refractivity contribution in [1.82, 2.24) is 35.0 Å². The maximum absolute atomic E-state index is 12.1. The van der Waals surface area contributed by atoms with Crippen LogP contribution in [0.1, 0.15) is 24.1 Å². The molecule has 34 heavy (non-hydrogen) atoms. The Kier molecular flexibility index (Phi) is 4.54. The molecule has 2 fully saturated rings. The Hall–Kier alpha value is -4.67. The van der Waals surface area contributed by atoms with Crippen molar-refractivity contribution in [2.75, 3.05) is 10.6 Å². The van der Waals surface area contributed by atoms with Gasteiger partial charge in [0.15, 0.2) is 5.65 Å². The largest absolute Gasteiger partial charge is 0.367 e. The molecule has 3 amide bonds. The molecule has 170 valence electrons. The second-order valence-electron chi connectivity index (χ2n) is 8.27. The summed E-state index contributed by atoms with van der Waals surface area (Å²) in [5.74, 6) is 0.949. The number of anilines is 3. The van der Waals surface area contributed by atoms with Gasteiger partial charge >= 0.3 is 6.03 Å². The first-order valence-electron chi connectivity index (χ1n) is 10.9. The number of aromatic nitrogens is 5. The number of rotatable bonds is 6. The van der Waals surface area contributed by atoms with Crippen LogP contribution in [0.25, 0.3) is 17.4 Å². The number of carbonyl (C=O) groups is 2. The van der Waals surface area contributed by atoms with Gasteiger partial charge in [0, 0.05) is 35.8 Å². The molecule has 11 nitrogen and oxygen atoms in total. The number of fused-ring (bicyclic) bond motifs is 1. The van der Waals surface area contributed by atoms with Crippen molar-refractivity contribution in [1.29, 1.82) is 0 Å². The first-order valence-corrected chi connectivity index (χ1v) is 10.9. The Morgan fingerprint density at radius 3 is 2.65 bits per heavy atom. The Bertz CT molecular complexity index is 1450. The van der Waals surface area contributed by atoms with Crippen LogP contribution in [0.2, 0.25) is 0 Å². The minimum atomic E-state index is -0.546. The molecule has 4 heterocycles. The van der Waals surface area contributed by atoms with E-state index in [1.807, 2.05) is 49.5 Å². The molecule has 1 saturated carbocycles. The smallest absolute Gasteiger partial charge is 0.326 e. The van der Waals surface area contributed by atoms with Crippen LogP contribution in [-0.4, -0.2) is 42.4 Å². The number of hydrogen-bond donors (Lipinski definition) is 4. The van der Waals surface area contributed by atoms with Gasteiger partial charge in [-0.25, -0.2) is 14.5 Å². The molecule has 0 radical (unpaired) electrons. The Morgan fingerprint density at radius 2 is 1.97 bits per heavy atom. The third-order valence-electron chi connectivity index (χ3n) is 5.66. The summed E-state index contributed by atoms with van der Waals surface area (Å²) in [6.07, 6.45) is 7.43. The van der Waals surface area contributed by atoms with Crippen LogP contribution in [0.15, 0.2) is 54.5 Å². The van der Waals surface area contributed by atoms with Crippen LogP contribution < -0.4 is 21.3 Å². The van der Waals surface area contributed by atoms with Crippen molar-refractivity contribution in [3.63, 3.8) is 0 Å². The number of aryl methyl sites for hydroxylation is 1. The number of carbonyl (C=O) groups excluding carboxylic acids is 2. The van der Waals surface area contributed by atoms with Crippen LogP contribution in [0.4, 0.5) is 22.1 Å². The summed E-state index contributed by atoms with van der Waals surface area (Å²) in [5, 5.41) is 20.5. The van der Waals surface area contributed by atoms with Crippen LogP contribution in [0, 0.1) is 6.92 Å². The Labute approximate surface area is 193 Å². The van der Waals surface area contributed by atoms with E-state index in [0.29, 0.717) is 28.8 Å². The van der Waals surface area contributed by atoms with Crippen molar-refractivity contribution >= 4 is 41.0 Å². The summed E-state index contributed by atoms with van der Waals surface area (Å²) in [4.78, 5) is 28.4. The fraction of sp³-hybridized carbons (Fsp3) is 0.174. The van der Waals surface area contributed by atoms with Crippen molar-refractivity contribution in [2.45, 2.75) is 25.8 Å². The zero-order valence-electron chi connectivity index (χ0n) is 18.2. The molecule has 1 saturated heterocycles. The summed E-state index contributed by atoms with van der Waals surface area (Å²) in [5.41, 5.74) is 3.89. The van der Waals surface area contributed by atoms with E-state index in [1.54, 1.807) is 21.5 Å². The maximum Gasteiger partial charge on any atom is 0.326 e. The average Bonchev–Trinajstić information content (AvgIpc) is 3.20. The highest BCUT2D eigenvalue weighted by atomic mass is 16.2. The molecule has 1 aliphatic carbocycles. The van der Waals surface area contributed by atoms with Crippen molar-refractivity contribution in [3.8, 4) is 5.69 Å². The van der Waals surface area contributed by atoms with Crippen molar-refractivity contribution in [2.24, 2.45) is 0 Å².